The SMILES string of the molecule is CCC(=O)C(=O)OC1=NC=C(I)CC1NC(=O)OCc1ccccc1. The van der Waals surface area contributed by atoms with E-state index in [0.717, 1.165) is 9.14 Å². The summed E-state index contributed by atoms with van der Waals surface area (Å²) in [7, 11) is 0. The van der Waals surface area contributed by atoms with Crippen molar-refractivity contribution in [2.75, 3.05) is 0 Å². The van der Waals surface area contributed by atoms with Gasteiger partial charge in [0.1, 0.15) is 12.6 Å². The second-order valence-corrected chi connectivity index (χ2v) is 6.56. The molecule has 132 valence electrons. The number of hydrogen-bond donors (Lipinski definition) is 1. The predicted octanol–water partition coefficient (Wildman–Crippen LogP) is 2.88. The maximum atomic E-state index is 12.0. The number of hydrogen-bond acceptors (Lipinski definition) is 6. The molecular formula is C17H17IN2O5. The van der Waals surface area contributed by atoms with Gasteiger partial charge in [0.2, 0.25) is 11.7 Å². The first-order valence-corrected chi connectivity index (χ1v) is 8.72. The Kier molecular flexibility index (Phi) is 7.11. The van der Waals surface area contributed by atoms with E-state index in [1.165, 1.54) is 6.20 Å². The lowest BCUT2D eigenvalue weighted by Crippen LogP contribution is -2.44. The first-order chi connectivity index (χ1) is 12.0. The molecule has 0 spiro atoms. The molecule has 2 rings (SSSR count). The van der Waals surface area contributed by atoms with Gasteiger partial charge >= 0.3 is 12.1 Å². The standard InChI is InChI=1S/C17H17IN2O5/c1-2-14(21)16(22)25-15-13(8-12(18)9-19-15)20-17(23)24-10-11-6-4-3-5-7-11/h3-7,9,13H,2,8,10H2,1H3,(H,20,23). The van der Waals surface area contributed by atoms with Crippen LogP contribution in [0.25, 0.3) is 0 Å². The summed E-state index contributed by atoms with van der Waals surface area (Å²) < 4.78 is 11.0. The summed E-state index contributed by atoms with van der Waals surface area (Å²) in [4.78, 5) is 39.0. The largest absolute Gasteiger partial charge is 0.445 e. The van der Waals surface area contributed by atoms with Crippen molar-refractivity contribution in [2.45, 2.75) is 32.4 Å². The first-order valence-electron chi connectivity index (χ1n) is 7.64. The van der Waals surface area contributed by atoms with Crippen LogP contribution in [0.3, 0.4) is 0 Å². The zero-order valence-electron chi connectivity index (χ0n) is 13.5. The van der Waals surface area contributed by atoms with Crippen LogP contribution in [0.15, 0.2) is 45.1 Å². The molecule has 0 bridgehead atoms. The van der Waals surface area contributed by atoms with E-state index in [1.807, 2.05) is 30.3 Å². The molecule has 0 aliphatic carbocycles. The Morgan fingerprint density at radius 3 is 2.68 bits per heavy atom. The third kappa shape index (κ3) is 5.96. The van der Waals surface area contributed by atoms with Gasteiger partial charge in [-0.05, 0) is 28.2 Å². The highest BCUT2D eigenvalue weighted by Crippen LogP contribution is 2.20. The highest BCUT2D eigenvalue weighted by atomic mass is 127. The van der Waals surface area contributed by atoms with Crippen molar-refractivity contribution in [3.05, 3.63) is 45.7 Å². The van der Waals surface area contributed by atoms with Crippen LogP contribution in [0.2, 0.25) is 0 Å². The minimum Gasteiger partial charge on any atom is -0.445 e. The van der Waals surface area contributed by atoms with Gasteiger partial charge in [-0.2, -0.15) is 0 Å². The van der Waals surface area contributed by atoms with Crippen LogP contribution in [0.4, 0.5) is 4.79 Å². The molecular weight excluding hydrogens is 439 g/mol. The average Bonchev–Trinajstić information content (AvgIpc) is 2.62. The number of halogens is 1. The van der Waals surface area contributed by atoms with E-state index in [9.17, 15) is 14.4 Å². The maximum absolute atomic E-state index is 12.0. The Morgan fingerprint density at radius 2 is 2.00 bits per heavy atom. The molecule has 1 aromatic carbocycles. The average molecular weight is 456 g/mol. The zero-order chi connectivity index (χ0) is 18.2. The molecule has 1 aromatic rings. The van der Waals surface area contributed by atoms with Gasteiger partial charge in [0, 0.05) is 22.6 Å². The van der Waals surface area contributed by atoms with Gasteiger partial charge in [0.25, 0.3) is 0 Å². The number of Topliss-reactive ketones (excluding diaryl/α,β-unsaturated/α-hetero) is 1. The number of benzene rings is 1. The number of rotatable bonds is 5. The Morgan fingerprint density at radius 1 is 1.28 bits per heavy atom. The molecule has 1 amide bonds. The Bertz CT molecular complexity index is 715. The van der Waals surface area contributed by atoms with Crippen molar-refractivity contribution in [1.29, 1.82) is 0 Å². The highest BCUT2D eigenvalue weighted by molar-refractivity contribution is 14.1. The lowest BCUT2D eigenvalue weighted by Gasteiger charge is -2.21. The van der Waals surface area contributed by atoms with Gasteiger partial charge in [-0.3, -0.25) is 4.79 Å². The summed E-state index contributed by atoms with van der Waals surface area (Å²) in [6, 6.07) is 8.57. The van der Waals surface area contributed by atoms with Crippen LogP contribution < -0.4 is 5.32 Å². The number of carbonyl (C=O) groups excluding carboxylic acids is 3. The van der Waals surface area contributed by atoms with Gasteiger partial charge in [-0.25, -0.2) is 14.6 Å². The number of alkyl carbamates (subject to hydrolysis) is 1. The molecule has 0 fully saturated rings. The van der Waals surface area contributed by atoms with E-state index in [4.69, 9.17) is 9.47 Å². The number of esters is 1. The van der Waals surface area contributed by atoms with Crippen molar-refractivity contribution >= 4 is 46.3 Å². The molecule has 1 aliphatic rings. The Labute approximate surface area is 158 Å². The quantitative estimate of drug-likeness (QED) is 0.418. The van der Waals surface area contributed by atoms with E-state index in [0.29, 0.717) is 6.42 Å². The smallest absolute Gasteiger partial charge is 0.408 e. The van der Waals surface area contributed by atoms with Crippen molar-refractivity contribution in [1.82, 2.24) is 5.32 Å². The summed E-state index contributed by atoms with van der Waals surface area (Å²) in [6.45, 7) is 1.68. The molecule has 1 heterocycles. The number of aliphatic imine (C=N–C) groups is 1. The van der Waals surface area contributed by atoms with Crippen LogP contribution in [-0.4, -0.2) is 29.8 Å². The lowest BCUT2D eigenvalue weighted by molar-refractivity contribution is -0.148. The van der Waals surface area contributed by atoms with Crippen LogP contribution in [0.1, 0.15) is 25.3 Å². The topological polar surface area (TPSA) is 94.1 Å². The van der Waals surface area contributed by atoms with E-state index in [1.54, 1.807) is 6.92 Å². The summed E-state index contributed by atoms with van der Waals surface area (Å²) in [5.41, 5.74) is 0.852. The molecule has 7 nitrogen and oxygen atoms in total. The molecule has 1 unspecified atom stereocenters. The number of carbonyl (C=O) groups is 3. The van der Waals surface area contributed by atoms with Gasteiger partial charge < -0.3 is 14.8 Å². The van der Waals surface area contributed by atoms with E-state index in [-0.39, 0.29) is 18.9 Å². The summed E-state index contributed by atoms with van der Waals surface area (Å²) in [5, 5.41) is 2.61. The third-order valence-electron chi connectivity index (χ3n) is 3.28. The fourth-order valence-electron chi connectivity index (χ4n) is 1.97. The normalized spacial score (nSPS) is 16.3. The number of ketones is 1. The Balaban J connectivity index is 1.94. The number of ether oxygens (including phenoxy) is 2. The fourth-order valence-corrected chi connectivity index (χ4v) is 2.55. The monoisotopic (exact) mass is 456 g/mol. The van der Waals surface area contributed by atoms with Crippen molar-refractivity contribution < 1.29 is 23.9 Å². The van der Waals surface area contributed by atoms with E-state index >= 15 is 0 Å². The molecule has 1 aliphatic heterocycles. The molecule has 1 N–H and O–H groups in total. The van der Waals surface area contributed by atoms with E-state index in [2.05, 4.69) is 32.9 Å². The van der Waals surface area contributed by atoms with Gasteiger partial charge in [-0.15, -0.1) is 0 Å². The Hall–Kier alpha value is -2.23. The molecule has 1 atom stereocenters. The molecule has 0 saturated carbocycles. The van der Waals surface area contributed by atoms with Crippen LogP contribution >= 0.6 is 22.6 Å². The number of nitrogens with one attached hydrogen (secondary N) is 1. The van der Waals surface area contributed by atoms with Crippen molar-refractivity contribution in [2.24, 2.45) is 4.99 Å². The highest BCUT2D eigenvalue weighted by Gasteiger charge is 2.28. The number of nitrogens with zero attached hydrogens (tertiary/aromatic N) is 1. The molecule has 0 aromatic heterocycles. The second-order valence-electron chi connectivity index (χ2n) is 5.17. The zero-order valence-corrected chi connectivity index (χ0v) is 15.7. The van der Waals surface area contributed by atoms with Crippen LogP contribution in [-0.2, 0) is 25.7 Å². The van der Waals surface area contributed by atoms with Gasteiger partial charge in [0.05, 0.1) is 0 Å². The summed E-state index contributed by atoms with van der Waals surface area (Å²) in [6.07, 6.45) is 1.29. The van der Waals surface area contributed by atoms with Gasteiger partial charge in [0.15, 0.2) is 0 Å². The molecule has 25 heavy (non-hydrogen) atoms. The molecule has 8 heteroatoms. The van der Waals surface area contributed by atoms with E-state index < -0.39 is 23.9 Å². The third-order valence-corrected chi connectivity index (χ3v) is 4.00. The summed E-state index contributed by atoms with van der Waals surface area (Å²) in [5.74, 6) is -1.67. The van der Waals surface area contributed by atoms with Crippen molar-refractivity contribution in [3.63, 3.8) is 0 Å². The minimum absolute atomic E-state index is 0.0242. The molecule has 0 radical (unpaired) electrons. The number of amides is 1. The molecule has 0 saturated heterocycles. The predicted molar refractivity (Wildman–Crippen MR) is 99.1 cm³/mol. The van der Waals surface area contributed by atoms with Crippen molar-refractivity contribution in [3.8, 4) is 0 Å². The van der Waals surface area contributed by atoms with Crippen LogP contribution in [0.5, 0.6) is 0 Å². The minimum atomic E-state index is -0.990. The maximum Gasteiger partial charge on any atom is 0.408 e. The first kappa shape index (κ1) is 19.1. The summed E-state index contributed by atoms with van der Waals surface area (Å²) >= 11 is 2.07. The van der Waals surface area contributed by atoms with Gasteiger partial charge in [-0.1, -0.05) is 37.3 Å². The second kappa shape index (κ2) is 9.30. The lowest BCUT2D eigenvalue weighted by atomic mass is 10.1. The fraction of sp³-hybridized carbons (Fsp3) is 0.294. The van der Waals surface area contributed by atoms with Crippen LogP contribution in [0, 0.1) is 0 Å².